The molecule has 2 rings (SSSR count). The van der Waals surface area contributed by atoms with Gasteiger partial charge in [0.25, 0.3) is 0 Å². The van der Waals surface area contributed by atoms with Crippen molar-refractivity contribution < 1.29 is 13.2 Å². The standard InChI is InChI=1S/C18H18ClN3O3S/c1-26(24,25)22(10-9-14-3-2-4-16(19)11-14)13-18(23)21-17-7-5-15(12-20)6-8-17/h2-8,11H,9-10,13H2,1H3,(H,21,23). The van der Waals surface area contributed by atoms with Gasteiger partial charge < -0.3 is 5.32 Å². The van der Waals surface area contributed by atoms with Crippen LogP contribution in [0.15, 0.2) is 48.5 Å². The molecular weight excluding hydrogens is 374 g/mol. The maximum Gasteiger partial charge on any atom is 0.239 e. The Hall–Kier alpha value is -2.40. The monoisotopic (exact) mass is 391 g/mol. The van der Waals surface area contributed by atoms with Crippen LogP contribution in [0.25, 0.3) is 0 Å². The number of carbonyl (C=O) groups is 1. The maximum absolute atomic E-state index is 12.2. The SMILES string of the molecule is CS(=O)(=O)N(CCc1cccc(Cl)c1)CC(=O)Nc1ccc(C#N)cc1. The summed E-state index contributed by atoms with van der Waals surface area (Å²) in [6, 6.07) is 15.5. The molecule has 136 valence electrons. The molecule has 0 aliphatic carbocycles. The zero-order valence-electron chi connectivity index (χ0n) is 14.1. The third-order valence-corrected chi connectivity index (χ3v) is 5.11. The smallest absolute Gasteiger partial charge is 0.239 e. The summed E-state index contributed by atoms with van der Waals surface area (Å²) in [6.07, 6.45) is 1.51. The molecule has 0 heterocycles. The number of nitrogens with zero attached hydrogens (tertiary/aromatic N) is 2. The van der Waals surface area contributed by atoms with Gasteiger partial charge in [-0.2, -0.15) is 9.57 Å². The molecule has 0 saturated heterocycles. The number of amides is 1. The summed E-state index contributed by atoms with van der Waals surface area (Å²) < 4.78 is 25.1. The van der Waals surface area contributed by atoms with Crippen LogP contribution >= 0.6 is 11.6 Å². The van der Waals surface area contributed by atoms with Crippen LogP contribution in [0.3, 0.4) is 0 Å². The normalized spacial score (nSPS) is 11.2. The first-order valence-corrected chi connectivity index (χ1v) is 10.00. The zero-order valence-corrected chi connectivity index (χ0v) is 15.7. The zero-order chi connectivity index (χ0) is 19.2. The number of nitriles is 1. The van der Waals surface area contributed by atoms with Crippen LogP contribution in [0.5, 0.6) is 0 Å². The number of nitrogens with one attached hydrogen (secondary N) is 1. The Labute approximate surface area is 158 Å². The van der Waals surface area contributed by atoms with Crippen LogP contribution in [-0.2, 0) is 21.2 Å². The van der Waals surface area contributed by atoms with E-state index in [9.17, 15) is 13.2 Å². The van der Waals surface area contributed by atoms with E-state index in [4.69, 9.17) is 16.9 Å². The van der Waals surface area contributed by atoms with Crippen LogP contribution in [-0.4, -0.2) is 38.0 Å². The number of anilines is 1. The number of sulfonamides is 1. The summed E-state index contributed by atoms with van der Waals surface area (Å²) in [4.78, 5) is 12.2. The Bertz CT molecular complexity index is 921. The Morgan fingerprint density at radius 3 is 2.50 bits per heavy atom. The van der Waals surface area contributed by atoms with Crippen LogP contribution in [0.1, 0.15) is 11.1 Å². The molecule has 6 nitrogen and oxygen atoms in total. The predicted molar refractivity (Wildman–Crippen MR) is 101 cm³/mol. The molecule has 1 N–H and O–H groups in total. The van der Waals surface area contributed by atoms with E-state index in [-0.39, 0.29) is 13.1 Å². The van der Waals surface area contributed by atoms with Crippen molar-refractivity contribution in [1.82, 2.24) is 4.31 Å². The second kappa shape index (κ2) is 8.81. The summed E-state index contributed by atoms with van der Waals surface area (Å²) >= 11 is 5.93. The number of carbonyl (C=O) groups excluding carboxylic acids is 1. The lowest BCUT2D eigenvalue weighted by Gasteiger charge is -2.19. The molecule has 1 amide bonds. The Kier molecular flexibility index (Phi) is 6.75. The van der Waals surface area contributed by atoms with Gasteiger partial charge in [0.1, 0.15) is 0 Å². The van der Waals surface area contributed by atoms with Crippen molar-refractivity contribution in [3.8, 4) is 6.07 Å². The van der Waals surface area contributed by atoms with Gasteiger partial charge in [-0.15, -0.1) is 0 Å². The van der Waals surface area contributed by atoms with Crippen LogP contribution < -0.4 is 5.32 Å². The molecule has 0 aromatic heterocycles. The fraction of sp³-hybridized carbons (Fsp3) is 0.222. The lowest BCUT2D eigenvalue weighted by Crippen LogP contribution is -2.38. The Morgan fingerprint density at radius 2 is 1.92 bits per heavy atom. The van der Waals surface area contributed by atoms with Gasteiger partial charge in [0, 0.05) is 17.3 Å². The molecule has 0 atom stereocenters. The van der Waals surface area contributed by atoms with Crippen molar-refractivity contribution in [3.05, 3.63) is 64.7 Å². The van der Waals surface area contributed by atoms with Crippen LogP contribution in [0.2, 0.25) is 5.02 Å². The average molecular weight is 392 g/mol. The quantitative estimate of drug-likeness (QED) is 0.785. The average Bonchev–Trinajstić information content (AvgIpc) is 2.58. The summed E-state index contributed by atoms with van der Waals surface area (Å²) in [5.74, 6) is -0.453. The Morgan fingerprint density at radius 1 is 1.23 bits per heavy atom. The third-order valence-electron chi connectivity index (χ3n) is 3.63. The van der Waals surface area contributed by atoms with Gasteiger partial charge in [0.05, 0.1) is 24.4 Å². The number of hydrogen-bond acceptors (Lipinski definition) is 4. The van der Waals surface area contributed by atoms with Gasteiger partial charge in [-0.1, -0.05) is 23.7 Å². The number of benzene rings is 2. The first-order valence-electron chi connectivity index (χ1n) is 7.77. The van der Waals surface area contributed by atoms with Crippen molar-refractivity contribution in [2.45, 2.75) is 6.42 Å². The minimum atomic E-state index is -3.55. The second-order valence-electron chi connectivity index (χ2n) is 5.71. The summed E-state index contributed by atoms with van der Waals surface area (Å²) in [6.45, 7) is -0.126. The van der Waals surface area contributed by atoms with Gasteiger partial charge in [0.15, 0.2) is 0 Å². The van der Waals surface area contributed by atoms with E-state index in [0.29, 0.717) is 22.7 Å². The highest BCUT2D eigenvalue weighted by Gasteiger charge is 2.20. The van der Waals surface area contributed by atoms with Gasteiger partial charge in [0.2, 0.25) is 15.9 Å². The fourth-order valence-corrected chi connectivity index (χ4v) is 3.28. The number of hydrogen-bond donors (Lipinski definition) is 1. The first-order chi connectivity index (χ1) is 12.3. The first kappa shape index (κ1) is 19.9. The van der Waals surface area contributed by atoms with Gasteiger partial charge in [-0.3, -0.25) is 4.79 Å². The fourth-order valence-electron chi connectivity index (χ4n) is 2.30. The number of halogens is 1. The molecule has 0 bridgehead atoms. The van der Waals surface area contributed by atoms with Crippen LogP contribution in [0.4, 0.5) is 5.69 Å². The number of rotatable bonds is 7. The molecule has 0 radical (unpaired) electrons. The van der Waals surface area contributed by atoms with Crippen LogP contribution in [0, 0.1) is 11.3 Å². The molecule has 0 aliphatic rings. The second-order valence-corrected chi connectivity index (χ2v) is 8.13. The molecule has 0 spiro atoms. The minimum Gasteiger partial charge on any atom is -0.325 e. The molecular formula is C18H18ClN3O3S. The highest BCUT2D eigenvalue weighted by molar-refractivity contribution is 7.88. The van der Waals surface area contributed by atoms with E-state index in [1.54, 1.807) is 42.5 Å². The van der Waals surface area contributed by atoms with Gasteiger partial charge in [-0.25, -0.2) is 8.42 Å². The molecule has 2 aromatic carbocycles. The van der Waals surface area contributed by atoms with Gasteiger partial charge in [-0.05, 0) is 48.4 Å². The summed E-state index contributed by atoms with van der Waals surface area (Å²) in [5, 5.41) is 12.0. The van der Waals surface area contributed by atoms with E-state index in [2.05, 4.69) is 5.32 Å². The van der Waals surface area contributed by atoms with E-state index in [1.807, 2.05) is 12.1 Å². The molecule has 0 aliphatic heterocycles. The lowest BCUT2D eigenvalue weighted by molar-refractivity contribution is -0.116. The van der Waals surface area contributed by atoms with E-state index >= 15 is 0 Å². The van der Waals surface area contributed by atoms with E-state index in [0.717, 1.165) is 16.1 Å². The van der Waals surface area contributed by atoms with Crippen molar-refractivity contribution >= 4 is 33.2 Å². The molecule has 0 unspecified atom stereocenters. The highest BCUT2D eigenvalue weighted by Crippen LogP contribution is 2.13. The lowest BCUT2D eigenvalue weighted by atomic mass is 10.1. The van der Waals surface area contributed by atoms with E-state index in [1.165, 1.54) is 0 Å². The largest absolute Gasteiger partial charge is 0.325 e. The van der Waals surface area contributed by atoms with Crippen molar-refractivity contribution in [1.29, 1.82) is 5.26 Å². The summed E-state index contributed by atoms with van der Waals surface area (Å²) in [5.41, 5.74) is 1.86. The Balaban J connectivity index is 2.00. The van der Waals surface area contributed by atoms with Crippen molar-refractivity contribution in [2.75, 3.05) is 24.7 Å². The topological polar surface area (TPSA) is 90.3 Å². The summed E-state index contributed by atoms with van der Waals surface area (Å²) in [7, 11) is -3.55. The predicted octanol–water partition coefficient (Wildman–Crippen LogP) is 2.65. The van der Waals surface area contributed by atoms with E-state index < -0.39 is 15.9 Å². The molecule has 26 heavy (non-hydrogen) atoms. The van der Waals surface area contributed by atoms with Crippen molar-refractivity contribution in [3.63, 3.8) is 0 Å². The van der Waals surface area contributed by atoms with Gasteiger partial charge >= 0.3 is 0 Å². The third kappa shape index (κ3) is 6.15. The molecule has 2 aromatic rings. The van der Waals surface area contributed by atoms with Crippen molar-refractivity contribution in [2.24, 2.45) is 0 Å². The highest BCUT2D eigenvalue weighted by atomic mass is 35.5. The minimum absolute atomic E-state index is 0.167. The molecule has 0 fully saturated rings. The molecule has 8 heteroatoms. The maximum atomic E-state index is 12.2. The molecule has 0 saturated carbocycles.